The summed E-state index contributed by atoms with van der Waals surface area (Å²) in [6, 6.07) is 19.5. The molecular weight excluding hydrogens is 360 g/mol. The Morgan fingerprint density at radius 3 is 2.48 bits per heavy atom. The maximum atomic E-state index is 5.47. The van der Waals surface area contributed by atoms with Crippen LogP contribution in [-0.4, -0.2) is 50.8 Å². The van der Waals surface area contributed by atoms with Crippen LogP contribution in [0.5, 0.6) is 0 Å². The molecule has 1 aliphatic carbocycles. The number of nitrogens with zero attached hydrogens (tertiary/aromatic N) is 2. The first-order valence-electron chi connectivity index (χ1n) is 10.7. The van der Waals surface area contributed by atoms with Gasteiger partial charge in [-0.05, 0) is 34.9 Å². The van der Waals surface area contributed by atoms with Crippen molar-refractivity contribution in [2.45, 2.75) is 25.4 Å². The van der Waals surface area contributed by atoms with Gasteiger partial charge in [0.15, 0.2) is 5.96 Å². The van der Waals surface area contributed by atoms with Gasteiger partial charge < -0.3 is 15.4 Å². The molecule has 1 saturated carbocycles. The van der Waals surface area contributed by atoms with Crippen LogP contribution in [0.15, 0.2) is 59.6 Å². The maximum Gasteiger partial charge on any atom is 0.191 e. The van der Waals surface area contributed by atoms with Crippen LogP contribution in [0.3, 0.4) is 0 Å². The molecule has 5 nitrogen and oxygen atoms in total. The Morgan fingerprint density at radius 1 is 1.00 bits per heavy atom. The Bertz CT molecular complexity index is 802. The molecule has 2 unspecified atom stereocenters. The first-order valence-corrected chi connectivity index (χ1v) is 10.7. The molecule has 2 aromatic carbocycles. The second-order valence-electron chi connectivity index (χ2n) is 7.98. The minimum Gasteiger partial charge on any atom is -0.379 e. The lowest BCUT2D eigenvalue weighted by Crippen LogP contribution is -2.38. The van der Waals surface area contributed by atoms with Gasteiger partial charge in [-0.3, -0.25) is 9.89 Å². The summed E-state index contributed by atoms with van der Waals surface area (Å²) in [5, 5.41) is 7.01. The predicted octanol–water partition coefficient (Wildman–Crippen LogP) is 2.99. The maximum absolute atomic E-state index is 5.47. The van der Waals surface area contributed by atoms with Gasteiger partial charge in [0.1, 0.15) is 0 Å². The average molecular weight is 393 g/mol. The lowest BCUT2D eigenvalue weighted by atomic mass is 10.1. The van der Waals surface area contributed by atoms with E-state index in [2.05, 4.69) is 75.1 Å². The van der Waals surface area contributed by atoms with Crippen molar-refractivity contribution in [2.75, 3.05) is 39.9 Å². The molecule has 1 heterocycles. The van der Waals surface area contributed by atoms with Gasteiger partial charge in [-0.2, -0.15) is 0 Å². The molecule has 1 saturated heterocycles. The fourth-order valence-electron chi connectivity index (χ4n) is 4.09. The smallest absolute Gasteiger partial charge is 0.191 e. The summed E-state index contributed by atoms with van der Waals surface area (Å²) in [6.45, 7) is 6.42. The molecule has 5 heteroatoms. The number of ether oxygens (including phenoxy) is 1. The number of rotatable bonds is 7. The molecule has 2 aliphatic rings. The Kier molecular flexibility index (Phi) is 6.80. The largest absolute Gasteiger partial charge is 0.379 e. The molecule has 0 radical (unpaired) electrons. The van der Waals surface area contributed by atoms with Gasteiger partial charge >= 0.3 is 0 Å². The third-order valence-electron chi connectivity index (χ3n) is 5.97. The highest BCUT2D eigenvalue weighted by molar-refractivity contribution is 5.79. The summed E-state index contributed by atoms with van der Waals surface area (Å²) in [6.07, 6.45) is 1.26. The molecule has 0 bridgehead atoms. The van der Waals surface area contributed by atoms with Crippen LogP contribution < -0.4 is 10.6 Å². The van der Waals surface area contributed by atoms with Crippen LogP contribution >= 0.6 is 0 Å². The molecule has 2 atom stereocenters. The molecule has 4 rings (SSSR count). The normalized spacial score (nSPS) is 22.3. The molecule has 1 aliphatic heterocycles. The molecular formula is C24H32N4O. The van der Waals surface area contributed by atoms with Crippen molar-refractivity contribution in [1.29, 1.82) is 0 Å². The van der Waals surface area contributed by atoms with E-state index in [1.807, 2.05) is 7.05 Å². The lowest BCUT2D eigenvalue weighted by molar-refractivity contribution is 0.0341. The Labute approximate surface area is 174 Å². The van der Waals surface area contributed by atoms with Crippen LogP contribution in [0.25, 0.3) is 0 Å². The van der Waals surface area contributed by atoms with Gasteiger partial charge in [0, 0.05) is 39.8 Å². The quantitative estimate of drug-likeness (QED) is 0.562. The zero-order valence-electron chi connectivity index (χ0n) is 17.3. The lowest BCUT2D eigenvalue weighted by Gasteiger charge is -2.27. The predicted molar refractivity (Wildman–Crippen MR) is 118 cm³/mol. The minimum atomic E-state index is 0.691. The minimum absolute atomic E-state index is 0.691. The summed E-state index contributed by atoms with van der Waals surface area (Å²) in [7, 11) is 1.84. The van der Waals surface area contributed by atoms with Crippen molar-refractivity contribution >= 4 is 5.96 Å². The Morgan fingerprint density at radius 2 is 1.72 bits per heavy atom. The number of guanidine groups is 1. The van der Waals surface area contributed by atoms with Gasteiger partial charge in [-0.1, -0.05) is 54.6 Å². The van der Waals surface area contributed by atoms with E-state index in [-0.39, 0.29) is 0 Å². The first-order chi connectivity index (χ1) is 14.3. The van der Waals surface area contributed by atoms with E-state index in [9.17, 15) is 0 Å². The number of morpholine rings is 1. The van der Waals surface area contributed by atoms with Crippen molar-refractivity contribution in [3.63, 3.8) is 0 Å². The Balaban J connectivity index is 1.26. The molecule has 154 valence electrons. The van der Waals surface area contributed by atoms with Crippen molar-refractivity contribution in [3.8, 4) is 0 Å². The SMILES string of the molecule is CN=C(NCc1ccccc1CN1CCOCC1)NCC1CC1c1ccccc1. The van der Waals surface area contributed by atoms with E-state index >= 15 is 0 Å². The van der Waals surface area contributed by atoms with Crippen molar-refractivity contribution in [1.82, 2.24) is 15.5 Å². The standard InChI is InChI=1S/C24H32N4O/c1-25-24(27-17-22-15-23(22)19-7-3-2-4-8-19)26-16-20-9-5-6-10-21(20)18-28-11-13-29-14-12-28/h2-10,22-23H,11-18H2,1H3,(H2,25,26,27). The third-order valence-corrected chi connectivity index (χ3v) is 5.97. The number of hydrogen-bond donors (Lipinski definition) is 2. The highest BCUT2D eigenvalue weighted by Crippen LogP contribution is 2.46. The molecule has 0 spiro atoms. The molecule has 2 fully saturated rings. The van der Waals surface area contributed by atoms with E-state index in [0.717, 1.165) is 51.9 Å². The van der Waals surface area contributed by atoms with Gasteiger partial charge in [-0.15, -0.1) is 0 Å². The van der Waals surface area contributed by atoms with Gasteiger partial charge in [0.2, 0.25) is 0 Å². The topological polar surface area (TPSA) is 48.9 Å². The fraction of sp³-hybridized carbons (Fsp3) is 0.458. The van der Waals surface area contributed by atoms with E-state index in [1.54, 1.807) is 0 Å². The Hall–Kier alpha value is -2.37. The van der Waals surface area contributed by atoms with Crippen LogP contribution in [-0.2, 0) is 17.8 Å². The number of benzene rings is 2. The van der Waals surface area contributed by atoms with Gasteiger partial charge in [0.05, 0.1) is 13.2 Å². The summed E-state index contributed by atoms with van der Waals surface area (Å²) >= 11 is 0. The number of hydrogen-bond acceptors (Lipinski definition) is 3. The van der Waals surface area contributed by atoms with E-state index < -0.39 is 0 Å². The van der Waals surface area contributed by atoms with Crippen LogP contribution in [0.4, 0.5) is 0 Å². The van der Waals surface area contributed by atoms with E-state index in [4.69, 9.17) is 4.74 Å². The van der Waals surface area contributed by atoms with Crippen molar-refractivity contribution in [3.05, 3.63) is 71.3 Å². The highest BCUT2D eigenvalue weighted by atomic mass is 16.5. The molecule has 2 N–H and O–H groups in total. The monoisotopic (exact) mass is 392 g/mol. The molecule has 29 heavy (non-hydrogen) atoms. The highest BCUT2D eigenvalue weighted by Gasteiger charge is 2.37. The zero-order chi connectivity index (χ0) is 19.9. The average Bonchev–Trinajstić information content (AvgIpc) is 3.56. The molecule has 0 amide bonds. The number of aliphatic imine (C=N–C) groups is 1. The molecule has 2 aromatic rings. The second kappa shape index (κ2) is 9.90. The van der Waals surface area contributed by atoms with Crippen molar-refractivity contribution < 1.29 is 4.74 Å². The fourth-order valence-corrected chi connectivity index (χ4v) is 4.09. The van der Waals surface area contributed by atoms with Crippen molar-refractivity contribution in [2.24, 2.45) is 10.9 Å². The summed E-state index contributed by atoms with van der Waals surface area (Å²) in [5.74, 6) is 2.27. The zero-order valence-corrected chi connectivity index (χ0v) is 17.3. The van der Waals surface area contributed by atoms with Crippen LogP contribution in [0, 0.1) is 5.92 Å². The second-order valence-corrected chi connectivity index (χ2v) is 7.98. The van der Waals surface area contributed by atoms with Crippen LogP contribution in [0.2, 0.25) is 0 Å². The van der Waals surface area contributed by atoms with E-state index in [1.165, 1.54) is 23.1 Å². The summed E-state index contributed by atoms with van der Waals surface area (Å²) in [5.41, 5.74) is 4.17. The summed E-state index contributed by atoms with van der Waals surface area (Å²) in [4.78, 5) is 6.88. The summed E-state index contributed by atoms with van der Waals surface area (Å²) < 4.78 is 5.47. The van der Waals surface area contributed by atoms with Crippen LogP contribution in [0.1, 0.15) is 29.0 Å². The van der Waals surface area contributed by atoms with Gasteiger partial charge in [-0.25, -0.2) is 0 Å². The van der Waals surface area contributed by atoms with E-state index in [0.29, 0.717) is 11.8 Å². The van der Waals surface area contributed by atoms with Gasteiger partial charge in [0.25, 0.3) is 0 Å². The number of nitrogens with one attached hydrogen (secondary N) is 2. The first kappa shape index (κ1) is 19.9. The molecule has 0 aromatic heterocycles. The third kappa shape index (κ3) is 5.58.